The molecule has 62 heavy (non-hydrogen) atoms. The van der Waals surface area contributed by atoms with Crippen LogP contribution < -0.4 is 4.90 Å². The highest BCUT2D eigenvalue weighted by atomic mass is 16.3. The fraction of sp³-hybridized carbons (Fsp3) is 0. The normalized spacial score (nSPS) is 11.5. The summed E-state index contributed by atoms with van der Waals surface area (Å²) >= 11 is 0. The highest BCUT2D eigenvalue weighted by Gasteiger charge is 2.18. The molecule has 0 amide bonds. The number of benzene rings is 11. The van der Waals surface area contributed by atoms with Crippen LogP contribution in [-0.2, 0) is 0 Å². The van der Waals surface area contributed by atoms with Gasteiger partial charge in [-0.1, -0.05) is 182 Å². The van der Waals surface area contributed by atoms with Crippen LogP contribution in [-0.4, -0.2) is 0 Å². The topological polar surface area (TPSA) is 16.4 Å². The third kappa shape index (κ3) is 6.20. The predicted octanol–water partition coefficient (Wildman–Crippen LogP) is 17.2. The fourth-order valence-electron chi connectivity index (χ4n) is 9.41. The van der Waals surface area contributed by atoms with Crippen molar-refractivity contribution >= 4 is 71.3 Å². The van der Waals surface area contributed by atoms with Gasteiger partial charge in [0.1, 0.15) is 11.2 Å². The van der Waals surface area contributed by atoms with Crippen molar-refractivity contribution < 1.29 is 4.42 Å². The predicted molar refractivity (Wildman–Crippen MR) is 263 cm³/mol. The summed E-state index contributed by atoms with van der Waals surface area (Å²) in [4.78, 5) is 2.37. The summed E-state index contributed by atoms with van der Waals surface area (Å²) in [6.45, 7) is 0. The minimum atomic E-state index is 0.892. The number of anilines is 3. The summed E-state index contributed by atoms with van der Waals surface area (Å²) in [6, 6.07) is 85.5. The molecule has 0 bridgehead atoms. The van der Waals surface area contributed by atoms with E-state index in [1.54, 1.807) is 0 Å². The first kappa shape index (κ1) is 35.7. The van der Waals surface area contributed by atoms with Crippen LogP contribution in [0.5, 0.6) is 0 Å². The minimum Gasteiger partial charge on any atom is -0.456 e. The first-order valence-electron chi connectivity index (χ1n) is 21.2. The van der Waals surface area contributed by atoms with Gasteiger partial charge in [-0.2, -0.15) is 0 Å². The highest BCUT2D eigenvalue weighted by molar-refractivity contribution is 6.13. The second kappa shape index (κ2) is 14.8. The Labute approximate surface area is 360 Å². The molecule has 12 aromatic rings. The van der Waals surface area contributed by atoms with Crippen molar-refractivity contribution in [2.45, 2.75) is 0 Å². The average molecular weight is 790 g/mol. The van der Waals surface area contributed by atoms with E-state index in [-0.39, 0.29) is 0 Å². The smallest absolute Gasteiger partial charge is 0.136 e. The molecule has 0 atom stereocenters. The average Bonchev–Trinajstić information content (AvgIpc) is 3.73. The molecule has 11 aromatic carbocycles. The number of fused-ring (bicyclic) bond motifs is 7. The van der Waals surface area contributed by atoms with E-state index in [4.69, 9.17) is 4.42 Å². The maximum atomic E-state index is 6.31. The van der Waals surface area contributed by atoms with Crippen LogP contribution in [0.15, 0.2) is 241 Å². The molecular formula is C60H39NO. The van der Waals surface area contributed by atoms with Crippen molar-refractivity contribution in [2.75, 3.05) is 4.90 Å². The van der Waals surface area contributed by atoms with Crippen molar-refractivity contribution in [1.82, 2.24) is 0 Å². The summed E-state index contributed by atoms with van der Waals surface area (Å²) in [7, 11) is 0. The van der Waals surface area contributed by atoms with Crippen LogP contribution in [0, 0.1) is 0 Å². The Bertz CT molecular complexity index is 3630. The number of hydrogen-bond donors (Lipinski definition) is 0. The lowest BCUT2D eigenvalue weighted by atomic mass is 9.93. The number of nitrogens with zero attached hydrogens (tertiary/aromatic N) is 1. The quantitative estimate of drug-likeness (QED) is 0.150. The van der Waals surface area contributed by atoms with Gasteiger partial charge in [-0.05, 0) is 131 Å². The van der Waals surface area contributed by atoms with Gasteiger partial charge in [-0.25, -0.2) is 0 Å². The fourth-order valence-corrected chi connectivity index (χ4v) is 9.41. The Hall–Kier alpha value is -8.20. The third-order valence-electron chi connectivity index (χ3n) is 12.4. The van der Waals surface area contributed by atoms with E-state index in [9.17, 15) is 0 Å². The molecule has 2 nitrogen and oxygen atoms in total. The highest BCUT2D eigenvalue weighted by Crippen LogP contribution is 2.42. The number of para-hydroxylation sites is 1. The van der Waals surface area contributed by atoms with Gasteiger partial charge in [0.25, 0.3) is 0 Å². The lowest BCUT2D eigenvalue weighted by molar-refractivity contribution is 0.669. The monoisotopic (exact) mass is 789 g/mol. The molecule has 290 valence electrons. The molecule has 1 aromatic heterocycles. The zero-order valence-electron chi connectivity index (χ0n) is 33.9. The van der Waals surface area contributed by atoms with Gasteiger partial charge >= 0.3 is 0 Å². The van der Waals surface area contributed by atoms with E-state index in [0.717, 1.165) is 50.1 Å². The lowest BCUT2D eigenvalue weighted by Gasteiger charge is -2.27. The minimum absolute atomic E-state index is 0.892. The first-order valence-corrected chi connectivity index (χ1v) is 21.2. The van der Waals surface area contributed by atoms with Crippen LogP contribution in [0.1, 0.15) is 0 Å². The van der Waals surface area contributed by atoms with E-state index in [2.05, 4.69) is 229 Å². The molecule has 0 N–H and O–H groups in total. The van der Waals surface area contributed by atoms with Crippen LogP contribution in [0.3, 0.4) is 0 Å². The van der Waals surface area contributed by atoms with Crippen LogP contribution in [0.25, 0.3) is 98.8 Å². The lowest BCUT2D eigenvalue weighted by Crippen LogP contribution is -2.10. The molecule has 0 unspecified atom stereocenters. The standard InChI is InChI=1S/C60H39NO/c1-2-13-45-37-47(30-27-40(45)11-1)46-14-7-16-50(38-46)61(51-17-8-15-48(39-51)54-21-10-24-59-60(54)57-19-5-6-23-58(57)62-59)49-34-31-42(32-35-49)41-25-28-44(29-26-41)53-20-9-22-55-52-18-4-3-12-43(52)33-36-56(53)55/h1-39H. The number of rotatable bonds is 7. The zero-order chi connectivity index (χ0) is 41.0. The van der Waals surface area contributed by atoms with Crippen LogP contribution >= 0.6 is 0 Å². The Morgan fingerprint density at radius 3 is 1.63 bits per heavy atom. The Morgan fingerprint density at radius 2 is 0.806 bits per heavy atom. The molecule has 0 aliphatic heterocycles. The van der Waals surface area contributed by atoms with E-state index in [0.29, 0.717) is 0 Å². The summed E-state index contributed by atoms with van der Waals surface area (Å²) < 4.78 is 6.31. The number of furan rings is 1. The van der Waals surface area contributed by atoms with Gasteiger partial charge in [-0.3, -0.25) is 0 Å². The van der Waals surface area contributed by atoms with Crippen molar-refractivity contribution in [1.29, 1.82) is 0 Å². The first-order chi connectivity index (χ1) is 30.7. The molecule has 0 fully saturated rings. The third-order valence-corrected chi connectivity index (χ3v) is 12.4. The van der Waals surface area contributed by atoms with Gasteiger partial charge in [0.2, 0.25) is 0 Å². The summed E-state index contributed by atoms with van der Waals surface area (Å²) in [5, 5.41) is 9.83. The van der Waals surface area contributed by atoms with Gasteiger partial charge in [-0.15, -0.1) is 0 Å². The Morgan fingerprint density at radius 1 is 0.258 bits per heavy atom. The summed E-state index contributed by atoms with van der Waals surface area (Å²) in [5.41, 5.74) is 14.5. The van der Waals surface area contributed by atoms with E-state index < -0.39 is 0 Å². The van der Waals surface area contributed by atoms with Gasteiger partial charge in [0.15, 0.2) is 0 Å². The molecule has 12 rings (SSSR count). The van der Waals surface area contributed by atoms with Crippen molar-refractivity contribution in [3.8, 4) is 44.5 Å². The molecule has 1 heterocycles. The number of hydrogen-bond acceptors (Lipinski definition) is 2. The summed E-state index contributed by atoms with van der Waals surface area (Å²) in [5.74, 6) is 0. The van der Waals surface area contributed by atoms with E-state index in [1.165, 1.54) is 65.7 Å². The Kier molecular flexibility index (Phi) is 8.53. The van der Waals surface area contributed by atoms with Crippen LogP contribution in [0.4, 0.5) is 17.1 Å². The van der Waals surface area contributed by atoms with Gasteiger partial charge in [0.05, 0.1) is 0 Å². The van der Waals surface area contributed by atoms with Crippen molar-refractivity contribution in [3.05, 3.63) is 237 Å². The van der Waals surface area contributed by atoms with E-state index >= 15 is 0 Å². The molecule has 0 radical (unpaired) electrons. The molecular weight excluding hydrogens is 751 g/mol. The van der Waals surface area contributed by atoms with E-state index in [1.807, 2.05) is 12.1 Å². The maximum absolute atomic E-state index is 6.31. The van der Waals surface area contributed by atoms with Crippen molar-refractivity contribution in [3.63, 3.8) is 0 Å². The molecule has 0 saturated carbocycles. The van der Waals surface area contributed by atoms with Crippen LogP contribution in [0.2, 0.25) is 0 Å². The molecule has 2 heteroatoms. The Balaban J connectivity index is 0.937. The summed E-state index contributed by atoms with van der Waals surface area (Å²) in [6.07, 6.45) is 0. The molecule has 0 saturated heterocycles. The van der Waals surface area contributed by atoms with Crippen molar-refractivity contribution in [2.24, 2.45) is 0 Å². The van der Waals surface area contributed by atoms with Gasteiger partial charge < -0.3 is 9.32 Å². The van der Waals surface area contributed by atoms with Gasteiger partial charge in [0, 0.05) is 27.8 Å². The second-order valence-corrected chi connectivity index (χ2v) is 16.1. The maximum Gasteiger partial charge on any atom is 0.136 e. The molecule has 0 aliphatic carbocycles. The largest absolute Gasteiger partial charge is 0.456 e. The molecule has 0 aliphatic rings. The molecule has 0 spiro atoms. The second-order valence-electron chi connectivity index (χ2n) is 16.1. The SMILES string of the molecule is c1cc(-c2ccc3ccccc3c2)cc(N(c2ccc(-c3ccc(-c4cccc5c4ccc4ccccc45)cc3)cc2)c2cccc(-c3cccc4oc5ccccc5c34)c2)c1. The zero-order valence-corrected chi connectivity index (χ0v) is 33.9.